The second-order valence-corrected chi connectivity index (χ2v) is 5.53. The summed E-state index contributed by atoms with van der Waals surface area (Å²) in [6.07, 6.45) is 2.40. The van der Waals surface area contributed by atoms with Gasteiger partial charge in [-0.25, -0.2) is 0 Å². The normalized spacial score (nSPS) is 15.5. The summed E-state index contributed by atoms with van der Waals surface area (Å²) < 4.78 is 0. The predicted molar refractivity (Wildman–Crippen MR) is 76.7 cm³/mol. The molecule has 2 rings (SSSR count). The smallest absolute Gasteiger partial charge is 0.323 e. The first-order valence-corrected chi connectivity index (χ1v) is 6.99. The van der Waals surface area contributed by atoms with Crippen LogP contribution in [0.4, 0.5) is 0 Å². The summed E-state index contributed by atoms with van der Waals surface area (Å²) in [6, 6.07) is 5.69. The van der Waals surface area contributed by atoms with Gasteiger partial charge in [0, 0.05) is 6.54 Å². The molecule has 0 bridgehead atoms. The zero-order valence-electron chi connectivity index (χ0n) is 11.7. The van der Waals surface area contributed by atoms with E-state index in [9.17, 15) is 14.7 Å². The highest BCUT2D eigenvalue weighted by Gasteiger charge is 2.30. The van der Waals surface area contributed by atoms with Gasteiger partial charge >= 0.3 is 5.97 Å². The number of phenols is 1. The van der Waals surface area contributed by atoms with Crippen molar-refractivity contribution in [2.45, 2.75) is 25.3 Å². The molecule has 0 spiro atoms. The van der Waals surface area contributed by atoms with Crippen LogP contribution in [0.15, 0.2) is 24.3 Å². The molecule has 1 unspecified atom stereocenters. The van der Waals surface area contributed by atoms with Crippen LogP contribution >= 0.6 is 0 Å². The molecule has 1 atom stereocenters. The molecule has 0 aromatic heterocycles. The fourth-order valence-corrected chi connectivity index (χ4v) is 2.22. The average Bonchev–Trinajstić information content (AvgIpc) is 3.23. The van der Waals surface area contributed by atoms with Gasteiger partial charge in [0.05, 0.1) is 6.04 Å². The van der Waals surface area contributed by atoms with E-state index in [1.807, 2.05) is 0 Å². The van der Waals surface area contributed by atoms with E-state index in [0.717, 1.165) is 18.4 Å². The average molecular weight is 292 g/mol. The fraction of sp³-hybridized carbons (Fsp3) is 0.467. The first kappa shape index (κ1) is 15.3. The van der Waals surface area contributed by atoms with Gasteiger partial charge in [-0.05, 0) is 42.9 Å². The minimum Gasteiger partial charge on any atom is -0.508 e. The molecular formula is C15H20N2O4. The third kappa shape index (κ3) is 4.75. The third-order valence-corrected chi connectivity index (χ3v) is 3.52. The standard InChI is InChI=1S/C15H20N2O4/c16-13(7-10-3-5-12(18)6-4-10)15(21)17(9-14(19)20)8-11-1-2-11/h3-6,11,13,18H,1-2,7-9,16H2,(H,19,20). The zero-order valence-corrected chi connectivity index (χ0v) is 11.7. The van der Waals surface area contributed by atoms with E-state index in [4.69, 9.17) is 10.8 Å². The number of hydrogen-bond donors (Lipinski definition) is 3. The van der Waals surface area contributed by atoms with Crippen LogP contribution in [0.1, 0.15) is 18.4 Å². The molecule has 0 heterocycles. The van der Waals surface area contributed by atoms with E-state index in [2.05, 4.69) is 0 Å². The third-order valence-electron chi connectivity index (χ3n) is 3.52. The number of carboxylic acids is 1. The van der Waals surface area contributed by atoms with Crippen molar-refractivity contribution in [1.82, 2.24) is 4.90 Å². The number of aliphatic carboxylic acids is 1. The Bertz CT molecular complexity index is 511. The number of amides is 1. The van der Waals surface area contributed by atoms with Crippen LogP contribution in [-0.4, -0.2) is 46.1 Å². The van der Waals surface area contributed by atoms with Crippen molar-refractivity contribution < 1.29 is 19.8 Å². The summed E-state index contributed by atoms with van der Waals surface area (Å²) in [4.78, 5) is 24.5. The number of aromatic hydroxyl groups is 1. The minimum absolute atomic E-state index is 0.153. The lowest BCUT2D eigenvalue weighted by atomic mass is 10.1. The van der Waals surface area contributed by atoms with Crippen LogP contribution in [0.5, 0.6) is 5.75 Å². The lowest BCUT2D eigenvalue weighted by Crippen LogP contribution is -2.47. The second kappa shape index (κ2) is 6.58. The number of nitrogens with two attached hydrogens (primary N) is 1. The number of carbonyl (C=O) groups is 2. The molecule has 1 aliphatic rings. The van der Waals surface area contributed by atoms with Gasteiger partial charge in [-0.2, -0.15) is 0 Å². The molecule has 114 valence electrons. The second-order valence-electron chi connectivity index (χ2n) is 5.53. The molecule has 0 radical (unpaired) electrons. The van der Waals surface area contributed by atoms with Gasteiger partial charge < -0.3 is 20.8 Å². The van der Waals surface area contributed by atoms with E-state index in [1.165, 1.54) is 17.0 Å². The predicted octanol–water partition coefficient (Wildman–Crippen LogP) is 0.585. The van der Waals surface area contributed by atoms with E-state index in [-0.39, 0.29) is 18.2 Å². The fourth-order valence-electron chi connectivity index (χ4n) is 2.22. The highest BCUT2D eigenvalue weighted by molar-refractivity contribution is 5.85. The molecule has 6 nitrogen and oxygen atoms in total. The largest absolute Gasteiger partial charge is 0.508 e. The minimum atomic E-state index is -1.03. The summed E-state index contributed by atoms with van der Waals surface area (Å²) in [6.45, 7) is 0.160. The zero-order chi connectivity index (χ0) is 15.4. The number of hydrogen-bond acceptors (Lipinski definition) is 4. The Kier molecular flexibility index (Phi) is 4.80. The van der Waals surface area contributed by atoms with E-state index < -0.39 is 12.0 Å². The van der Waals surface area contributed by atoms with Gasteiger partial charge in [-0.15, -0.1) is 0 Å². The Balaban J connectivity index is 1.97. The van der Waals surface area contributed by atoms with Gasteiger partial charge in [0.15, 0.2) is 0 Å². The number of benzene rings is 1. The summed E-state index contributed by atoms with van der Waals surface area (Å²) in [7, 11) is 0. The van der Waals surface area contributed by atoms with Crippen LogP contribution < -0.4 is 5.73 Å². The van der Waals surface area contributed by atoms with Gasteiger partial charge in [-0.1, -0.05) is 12.1 Å². The first-order valence-electron chi connectivity index (χ1n) is 6.99. The van der Waals surface area contributed by atoms with Gasteiger partial charge in [-0.3, -0.25) is 9.59 Å². The van der Waals surface area contributed by atoms with Crippen molar-refractivity contribution in [2.24, 2.45) is 11.7 Å². The lowest BCUT2D eigenvalue weighted by molar-refractivity contribution is -0.145. The number of rotatable bonds is 7. The molecule has 21 heavy (non-hydrogen) atoms. The molecule has 4 N–H and O–H groups in total. The number of nitrogens with zero attached hydrogens (tertiary/aromatic N) is 1. The number of phenolic OH excluding ortho intramolecular Hbond substituents is 1. The van der Waals surface area contributed by atoms with Gasteiger partial charge in [0.1, 0.15) is 12.3 Å². The van der Waals surface area contributed by atoms with Crippen molar-refractivity contribution in [1.29, 1.82) is 0 Å². The molecule has 1 aromatic carbocycles. The summed E-state index contributed by atoms with van der Waals surface area (Å²) in [5.74, 6) is -0.799. The molecule has 1 amide bonds. The maximum atomic E-state index is 12.3. The quantitative estimate of drug-likeness (QED) is 0.682. The SMILES string of the molecule is NC(Cc1ccc(O)cc1)C(=O)N(CC(=O)O)CC1CC1. The van der Waals surface area contributed by atoms with Crippen LogP contribution in [-0.2, 0) is 16.0 Å². The molecule has 0 saturated heterocycles. The Morgan fingerprint density at radius 3 is 2.43 bits per heavy atom. The van der Waals surface area contributed by atoms with E-state index >= 15 is 0 Å². The van der Waals surface area contributed by atoms with Gasteiger partial charge in [0.2, 0.25) is 5.91 Å². The molecule has 1 fully saturated rings. The molecular weight excluding hydrogens is 272 g/mol. The summed E-state index contributed by atoms with van der Waals surface area (Å²) >= 11 is 0. The highest BCUT2D eigenvalue weighted by Crippen LogP contribution is 2.29. The highest BCUT2D eigenvalue weighted by atomic mass is 16.4. The first-order chi connectivity index (χ1) is 9.95. The Labute approximate surface area is 123 Å². The monoisotopic (exact) mass is 292 g/mol. The van der Waals surface area contributed by atoms with Crippen LogP contribution in [0, 0.1) is 5.92 Å². The van der Waals surface area contributed by atoms with Crippen molar-refractivity contribution in [3.8, 4) is 5.75 Å². The van der Waals surface area contributed by atoms with Gasteiger partial charge in [0.25, 0.3) is 0 Å². The van der Waals surface area contributed by atoms with Crippen molar-refractivity contribution in [3.05, 3.63) is 29.8 Å². The molecule has 1 saturated carbocycles. The number of carbonyl (C=O) groups excluding carboxylic acids is 1. The van der Waals surface area contributed by atoms with Crippen LogP contribution in [0.25, 0.3) is 0 Å². The lowest BCUT2D eigenvalue weighted by Gasteiger charge is -2.24. The maximum absolute atomic E-state index is 12.3. The van der Waals surface area contributed by atoms with Crippen molar-refractivity contribution in [2.75, 3.05) is 13.1 Å². The summed E-state index contributed by atoms with van der Waals surface area (Å²) in [5, 5.41) is 18.1. The Morgan fingerprint density at radius 2 is 1.90 bits per heavy atom. The molecule has 0 aliphatic heterocycles. The summed E-state index contributed by atoms with van der Waals surface area (Å²) in [5.41, 5.74) is 6.74. The molecule has 6 heteroatoms. The molecule has 1 aromatic rings. The van der Waals surface area contributed by atoms with Crippen molar-refractivity contribution in [3.63, 3.8) is 0 Å². The Morgan fingerprint density at radius 1 is 1.29 bits per heavy atom. The maximum Gasteiger partial charge on any atom is 0.323 e. The van der Waals surface area contributed by atoms with E-state index in [0.29, 0.717) is 18.9 Å². The Hall–Kier alpha value is -2.08. The number of carboxylic acid groups (broad SMARTS) is 1. The molecule has 1 aliphatic carbocycles. The van der Waals surface area contributed by atoms with E-state index in [1.54, 1.807) is 12.1 Å². The van der Waals surface area contributed by atoms with Crippen LogP contribution in [0.2, 0.25) is 0 Å². The van der Waals surface area contributed by atoms with Crippen molar-refractivity contribution >= 4 is 11.9 Å². The van der Waals surface area contributed by atoms with Crippen LogP contribution in [0.3, 0.4) is 0 Å². The topological polar surface area (TPSA) is 104 Å².